The molecule has 1 atom stereocenters. The van der Waals surface area contributed by atoms with E-state index in [0.29, 0.717) is 22.7 Å². The topological polar surface area (TPSA) is 111 Å². The fourth-order valence-electron chi connectivity index (χ4n) is 2.13. The summed E-state index contributed by atoms with van der Waals surface area (Å²) in [4.78, 5) is 12.1. The lowest BCUT2D eigenvalue weighted by Crippen LogP contribution is -2.35. The molecule has 0 spiro atoms. The lowest BCUT2D eigenvalue weighted by atomic mass is 10.2. The van der Waals surface area contributed by atoms with E-state index in [-0.39, 0.29) is 19.1 Å². The van der Waals surface area contributed by atoms with Crippen molar-refractivity contribution in [3.05, 3.63) is 48.2 Å². The molecular weight excluding hydrogens is 326 g/mol. The van der Waals surface area contributed by atoms with Gasteiger partial charge in [0.15, 0.2) is 5.65 Å². The molecule has 1 unspecified atom stereocenters. The van der Waals surface area contributed by atoms with Crippen molar-refractivity contribution in [1.82, 2.24) is 25.4 Å². The number of tetrazole rings is 1. The Hall–Kier alpha value is -3.20. The Labute approximate surface area is 143 Å². The number of aliphatic hydroxyl groups excluding tert-OH is 1. The molecule has 1 amide bonds. The van der Waals surface area contributed by atoms with Crippen molar-refractivity contribution in [2.45, 2.75) is 6.10 Å². The molecule has 0 aliphatic carbocycles. The van der Waals surface area contributed by atoms with Gasteiger partial charge in [0, 0.05) is 18.8 Å². The number of nitrogens with zero attached hydrogens (tertiary/aromatic N) is 4. The Morgan fingerprint density at radius 2 is 2.16 bits per heavy atom. The summed E-state index contributed by atoms with van der Waals surface area (Å²) in [5, 5.41) is 23.6. The van der Waals surface area contributed by atoms with Gasteiger partial charge in [-0.2, -0.15) is 4.52 Å². The second-order valence-electron chi connectivity index (χ2n) is 5.25. The van der Waals surface area contributed by atoms with Crippen molar-refractivity contribution >= 4 is 11.6 Å². The third-order valence-electron chi connectivity index (χ3n) is 3.44. The first-order valence-electron chi connectivity index (χ1n) is 7.56. The van der Waals surface area contributed by atoms with Crippen LogP contribution in [0.3, 0.4) is 0 Å². The number of benzene rings is 1. The number of ether oxygens (including phenoxy) is 2. The first kappa shape index (κ1) is 16.7. The number of hydrogen-bond acceptors (Lipinski definition) is 7. The zero-order chi connectivity index (χ0) is 17.6. The second kappa shape index (κ2) is 7.58. The van der Waals surface area contributed by atoms with Gasteiger partial charge in [0.1, 0.15) is 24.2 Å². The lowest BCUT2D eigenvalue weighted by molar-refractivity contribution is 0.0843. The van der Waals surface area contributed by atoms with Gasteiger partial charge in [0.2, 0.25) is 0 Å². The number of aliphatic hydroxyl groups is 1. The fourth-order valence-corrected chi connectivity index (χ4v) is 2.13. The highest BCUT2D eigenvalue weighted by Crippen LogP contribution is 2.18. The van der Waals surface area contributed by atoms with Crippen molar-refractivity contribution in [3.63, 3.8) is 0 Å². The molecule has 0 bridgehead atoms. The van der Waals surface area contributed by atoms with Crippen LogP contribution in [-0.2, 0) is 0 Å². The highest BCUT2D eigenvalue weighted by Gasteiger charge is 2.11. The van der Waals surface area contributed by atoms with Crippen LogP contribution in [0.25, 0.3) is 5.65 Å². The molecule has 25 heavy (non-hydrogen) atoms. The Bertz CT molecular complexity index is 866. The number of fused-ring (bicyclic) bond motifs is 1. The van der Waals surface area contributed by atoms with Gasteiger partial charge in [0.25, 0.3) is 5.91 Å². The van der Waals surface area contributed by atoms with Crippen molar-refractivity contribution in [1.29, 1.82) is 0 Å². The van der Waals surface area contributed by atoms with E-state index in [1.165, 1.54) is 10.7 Å². The zero-order valence-electron chi connectivity index (χ0n) is 13.5. The predicted molar refractivity (Wildman–Crippen MR) is 87.6 cm³/mol. The predicted octanol–water partition coefficient (Wildman–Crippen LogP) is 0.303. The van der Waals surface area contributed by atoms with Gasteiger partial charge in [-0.1, -0.05) is 6.07 Å². The zero-order valence-corrected chi connectivity index (χ0v) is 13.5. The van der Waals surface area contributed by atoms with Crippen LogP contribution >= 0.6 is 0 Å². The summed E-state index contributed by atoms with van der Waals surface area (Å²) in [5.41, 5.74) is 0.934. The summed E-state index contributed by atoms with van der Waals surface area (Å²) in [6.07, 6.45) is 0.663. The standard InChI is InChI=1S/C16H17N5O4/c1-24-13-3-2-4-14(7-13)25-10-12(22)8-17-16(23)11-5-6-15-18-19-20-21(15)9-11/h2-7,9,12,22H,8,10H2,1H3,(H,17,23). The first-order valence-corrected chi connectivity index (χ1v) is 7.56. The number of rotatable bonds is 7. The molecule has 0 fully saturated rings. The minimum atomic E-state index is -0.855. The highest BCUT2D eigenvalue weighted by molar-refractivity contribution is 5.94. The largest absolute Gasteiger partial charge is 0.497 e. The molecule has 9 heteroatoms. The van der Waals surface area contributed by atoms with Gasteiger partial charge in [0.05, 0.1) is 12.7 Å². The molecule has 3 rings (SSSR count). The van der Waals surface area contributed by atoms with Crippen LogP contribution in [0.4, 0.5) is 0 Å². The maximum Gasteiger partial charge on any atom is 0.252 e. The minimum absolute atomic E-state index is 0.0411. The fraction of sp³-hybridized carbons (Fsp3) is 0.250. The van der Waals surface area contributed by atoms with Crippen LogP contribution in [0.15, 0.2) is 42.6 Å². The van der Waals surface area contributed by atoms with E-state index in [4.69, 9.17) is 9.47 Å². The van der Waals surface area contributed by atoms with E-state index in [0.717, 1.165) is 0 Å². The van der Waals surface area contributed by atoms with E-state index in [2.05, 4.69) is 20.8 Å². The summed E-state index contributed by atoms with van der Waals surface area (Å²) in [7, 11) is 1.57. The number of carbonyl (C=O) groups excluding carboxylic acids is 1. The van der Waals surface area contributed by atoms with Crippen LogP contribution in [-0.4, -0.2) is 57.4 Å². The maximum absolute atomic E-state index is 12.1. The molecule has 3 aromatic rings. The summed E-state index contributed by atoms with van der Waals surface area (Å²) in [6.45, 7) is 0.0932. The molecule has 2 heterocycles. The summed E-state index contributed by atoms with van der Waals surface area (Å²) in [6, 6.07) is 10.3. The third-order valence-corrected chi connectivity index (χ3v) is 3.44. The number of methoxy groups -OCH3 is 1. The molecule has 2 N–H and O–H groups in total. The average Bonchev–Trinajstić information content (AvgIpc) is 3.12. The number of nitrogens with one attached hydrogen (secondary N) is 1. The Morgan fingerprint density at radius 1 is 1.32 bits per heavy atom. The van der Waals surface area contributed by atoms with E-state index >= 15 is 0 Å². The number of hydrogen-bond donors (Lipinski definition) is 2. The van der Waals surface area contributed by atoms with Crippen LogP contribution < -0.4 is 14.8 Å². The highest BCUT2D eigenvalue weighted by atomic mass is 16.5. The molecular formula is C16H17N5O4. The minimum Gasteiger partial charge on any atom is -0.497 e. The van der Waals surface area contributed by atoms with E-state index in [9.17, 15) is 9.90 Å². The molecule has 0 saturated carbocycles. The number of pyridine rings is 1. The van der Waals surface area contributed by atoms with Crippen LogP contribution in [0, 0.1) is 0 Å². The van der Waals surface area contributed by atoms with Gasteiger partial charge in [-0.25, -0.2) is 0 Å². The summed E-state index contributed by atoms with van der Waals surface area (Å²) >= 11 is 0. The van der Waals surface area contributed by atoms with Gasteiger partial charge >= 0.3 is 0 Å². The molecule has 130 valence electrons. The Balaban J connectivity index is 1.49. The number of amides is 1. The van der Waals surface area contributed by atoms with Crippen molar-refractivity contribution in [2.75, 3.05) is 20.3 Å². The molecule has 0 aliphatic rings. The maximum atomic E-state index is 12.1. The second-order valence-corrected chi connectivity index (χ2v) is 5.25. The van der Waals surface area contributed by atoms with Crippen molar-refractivity contribution < 1.29 is 19.4 Å². The Kier molecular flexibility index (Phi) is 5.05. The van der Waals surface area contributed by atoms with E-state index in [1.807, 2.05) is 0 Å². The molecule has 0 aliphatic heterocycles. The smallest absolute Gasteiger partial charge is 0.252 e. The van der Waals surface area contributed by atoms with E-state index in [1.54, 1.807) is 43.5 Å². The molecule has 1 aromatic carbocycles. The summed E-state index contributed by atoms with van der Waals surface area (Å²) < 4.78 is 12.0. The van der Waals surface area contributed by atoms with Crippen molar-refractivity contribution in [3.8, 4) is 11.5 Å². The average molecular weight is 343 g/mol. The number of aromatic nitrogens is 4. The molecule has 9 nitrogen and oxygen atoms in total. The Morgan fingerprint density at radius 3 is 3.00 bits per heavy atom. The van der Waals surface area contributed by atoms with Gasteiger partial charge in [-0.15, -0.1) is 5.10 Å². The SMILES string of the molecule is COc1cccc(OCC(O)CNC(=O)c2ccc3nnnn3c2)c1. The van der Waals surface area contributed by atoms with Crippen LogP contribution in [0.1, 0.15) is 10.4 Å². The quantitative estimate of drug-likeness (QED) is 0.635. The summed E-state index contributed by atoms with van der Waals surface area (Å²) in [5.74, 6) is 0.907. The van der Waals surface area contributed by atoms with Gasteiger partial charge in [-0.05, 0) is 34.7 Å². The first-order chi connectivity index (χ1) is 12.2. The van der Waals surface area contributed by atoms with Crippen LogP contribution in [0.5, 0.6) is 11.5 Å². The molecule has 2 aromatic heterocycles. The third kappa shape index (κ3) is 4.21. The van der Waals surface area contributed by atoms with Crippen LogP contribution in [0.2, 0.25) is 0 Å². The molecule has 0 saturated heterocycles. The number of carbonyl (C=O) groups is 1. The molecule has 0 radical (unpaired) electrons. The van der Waals surface area contributed by atoms with Crippen molar-refractivity contribution in [2.24, 2.45) is 0 Å². The van der Waals surface area contributed by atoms with Gasteiger partial charge < -0.3 is 19.9 Å². The lowest BCUT2D eigenvalue weighted by Gasteiger charge is -2.13. The van der Waals surface area contributed by atoms with Gasteiger partial charge in [-0.3, -0.25) is 4.79 Å². The normalized spacial score (nSPS) is 11.9. The van der Waals surface area contributed by atoms with E-state index < -0.39 is 6.10 Å². The monoisotopic (exact) mass is 343 g/mol.